The van der Waals surface area contributed by atoms with Crippen molar-refractivity contribution in [3.05, 3.63) is 12.2 Å². The first-order valence-electron chi connectivity index (χ1n) is 6.73. The van der Waals surface area contributed by atoms with Gasteiger partial charge in [-0.05, 0) is 25.7 Å². The van der Waals surface area contributed by atoms with Gasteiger partial charge in [0.2, 0.25) is 5.91 Å². The van der Waals surface area contributed by atoms with Crippen LogP contribution in [-0.2, 0) is 4.79 Å². The number of carbonyl (C=O) groups is 1. The third kappa shape index (κ3) is 11.3. The topological polar surface area (TPSA) is 29.1 Å². The first-order chi connectivity index (χ1) is 7.81. The number of rotatable bonds is 10. The van der Waals surface area contributed by atoms with E-state index in [2.05, 4.69) is 31.3 Å². The lowest BCUT2D eigenvalue weighted by Gasteiger charge is -2.01. The van der Waals surface area contributed by atoms with Crippen molar-refractivity contribution in [1.82, 2.24) is 5.32 Å². The van der Waals surface area contributed by atoms with Crippen LogP contribution in [0.1, 0.15) is 65.2 Å². The lowest BCUT2D eigenvalue weighted by molar-refractivity contribution is -0.121. The molecule has 0 spiro atoms. The van der Waals surface area contributed by atoms with Crippen LogP contribution in [0, 0.1) is 0 Å². The highest BCUT2D eigenvalue weighted by Gasteiger charge is 1.96. The van der Waals surface area contributed by atoms with E-state index in [9.17, 15) is 4.79 Å². The molecule has 0 radical (unpaired) electrons. The minimum Gasteiger partial charge on any atom is -0.356 e. The van der Waals surface area contributed by atoms with Gasteiger partial charge in [0.15, 0.2) is 0 Å². The minimum absolute atomic E-state index is 0.187. The van der Waals surface area contributed by atoms with Crippen LogP contribution in [0.3, 0.4) is 0 Å². The summed E-state index contributed by atoms with van der Waals surface area (Å²) in [7, 11) is 0. The van der Waals surface area contributed by atoms with E-state index in [1.807, 2.05) is 0 Å². The van der Waals surface area contributed by atoms with Crippen LogP contribution >= 0.6 is 0 Å². The Morgan fingerprint density at radius 2 is 1.69 bits per heavy atom. The van der Waals surface area contributed by atoms with Crippen molar-refractivity contribution in [2.75, 3.05) is 6.54 Å². The van der Waals surface area contributed by atoms with Gasteiger partial charge in [-0.3, -0.25) is 4.79 Å². The van der Waals surface area contributed by atoms with Crippen molar-refractivity contribution in [3.63, 3.8) is 0 Å². The predicted octanol–water partition coefficient (Wildman–Crippen LogP) is 3.82. The largest absolute Gasteiger partial charge is 0.356 e. The molecule has 0 heterocycles. The van der Waals surface area contributed by atoms with E-state index in [-0.39, 0.29) is 5.91 Å². The molecule has 0 fully saturated rings. The number of hydrogen-bond donors (Lipinski definition) is 1. The van der Waals surface area contributed by atoms with Crippen molar-refractivity contribution in [1.29, 1.82) is 0 Å². The quantitative estimate of drug-likeness (QED) is 0.444. The zero-order valence-corrected chi connectivity index (χ0v) is 10.9. The summed E-state index contributed by atoms with van der Waals surface area (Å²) in [6.45, 7) is 5.17. The second-order valence-corrected chi connectivity index (χ2v) is 4.21. The molecule has 0 aliphatic carbocycles. The summed E-state index contributed by atoms with van der Waals surface area (Å²) in [4.78, 5) is 11.3. The summed E-state index contributed by atoms with van der Waals surface area (Å²) in [5.41, 5.74) is 0. The zero-order chi connectivity index (χ0) is 12.1. The second kappa shape index (κ2) is 12.3. The molecule has 0 aromatic carbocycles. The van der Waals surface area contributed by atoms with Gasteiger partial charge in [0, 0.05) is 13.0 Å². The molecule has 0 aliphatic rings. The van der Waals surface area contributed by atoms with Crippen LogP contribution < -0.4 is 5.32 Å². The van der Waals surface area contributed by atoms with Gasteiger partial charge in [0.1, 0.15) is 0 Å². The first-order valence-corrected chi connectivity index (χ1v) is 6.73. The highest BCUT2D eigenvalue weighted by atomic mass is 16.1. The second-order valence-electron chi connectivity index (χ2n) is 4.21. The van der Waals surface area contributed by atoms with Crippen LogP contribution in [0.4, 0.5) is 0 Å². The average Bonchev–Trinajstić information content (AvgIpc) is 2.28. The molecular formula is C14H27NO. The number of carbonyl (C=O) groups excluding carboxylic acids is 1. The normalized spacial score (nSPS) is 10.9. The molecule has 2 heteroatoms. The average molecular weight is 225 g/mol. The molecule has 0 rings (SSSR count). The van der Waals surface area contributed by atoms with E-state index in [0.29, 0.717) is 6.42 Å². The monoisotopic (exact) mass is 225 g/mol. The minimum atomic E-state index is 0.187. The van der Waals surface area contributed by atoms with Crippen LogP contribution in [0.15, 0.2) is 12.2 Å². The van der Waals surface area contributed by atoms with E-state index in [0.717, 1.165) is 32.2 Å². The van der Waals surface area contributed by atoms with E-state index in [1.54, 1.807) is 0 Å². The Bertz CT molecular complexity index is 187. The van der Waals surface area contributed by atoms with Crippen LogP contribution in [0.2, 0.25) is 0 Å². The molecule has 0 saturated carbocycles. The Balaban J connectivity index is 3.26. The predicted molar refractivity (Wildman–Crippen MR) is 70.4 cm³/mol. The standard InChI is InChI=1S/C14H27NO/c1-3-5-7-8-9-10-11-12-14(16)15-13-6-4-2/h9-10H,3-8,11-13H2,1-2H3,(H,15,16)/b10-9-. The van der Waals surface area contributed by atoms with Gasteiger partial charge in [-0.25, -0.2) is 0 Å². The van der Waals surface area contributed by atoms with Crippen LogP contribution in [0.5, 0.6) is 0 Å². The molecule has 16 heavy (non-hydrogen) atoms. The van der Waals surface area contributed by atoms with Gasteiger partial charge in [-0.15, -0.1) is 0 Å². The number of amides is 1. The van der Waals surface area contributed by atoms with E-state index in [4.69, 9.17) is 0 Å². The van der Waals surface area contributed by atoms with Gasteiger partial charge < -0.3 is 5.32 Å². The maximum atomic E-state index is 11.3. The summed E-state index contributed by atoms with van der Waals surface area (Å²) in [6, 6.07) is 0. The SMILES string of the molecule is CCCCC/C=C\CCC(=O)NCCCC. The van der Waals surface area contributed by atoms with Crippen LogP contribution in [0.25, 0.3) is 0 Å². The number of unbranched alkanes of at least 4 members (excludes halogenated alkanes) is 4. The highest BCUT2D eigenvalue weighted by Crippen LogP contribution is 2.01. The Hall–Kier alpha value is -0.790. The Morgan fingerprint density at radius 3 is 2.38 bits per heavy atom. The Morgan fingerprint density at radius 1 is 1.00 bits per heavy atom. The maximum Gasteiger partial charge on any atom is 0.220 e. The molecule has 0 aromatic heterocycles. The number of allylic oxidation sites excluding steroid dienone is 2. The number of nitrogens with one attached hydrogen (secondary N) is 1. The van der Waals surface area contributed by atoms with Gasteiger partial charge in [-0.2, -0.15) is 0 Å². The molecule has 0 atom stereocenters. The zero-order valence-electron chi connectivity index (χ0n) is 10.9. The molecule has 2 nitrogen and oxygen atoms in total. The summed E-state index contributed by atoms with van der Waals surface area (Å²) in [5, 5.41) is 2.92. The Labute approximate surface area is 101 Å². The van der Waals surface area contributed by atoms with E-state index < -0.39 is 0 Å². The van der Waals surface area contributed by atoms with Crippen molar-refractivity contribution in [3.8, 4) is 0 Å². The molecule has 1 amide bonds. The lowest BCUT2D eigenvalue weighted by atomic mass is 10.2. The summed E-state index contributed by atoms with van der Waals surface area (Å²) < 4.78 is 0. The lowest BCUT2D eigenvalue weighted by Crippen LogP contribution is -2.23. The van der Waals surface area contributed by atoms with Crippen molar-refractivity contribution < 1.29 is 4.79 Å². The molecule has 94 valence electrons. The molecule has 0 aromatic rings. The van der Waals surface area contributed by atoms with Gasteiger partial charge in [-0.1, -0.05) is 45.3 Å². The smallest absolute Gasteiger partial charge is 0.220 e. The molecular weight excluding hydrogens is 198 g/mol. The fourth-order valence-corrected chi connectivity index (χ4v) is 1.46. The summed E-state index contributed by atoms with van der Waals surface area (Å²) in [5.74, 6) is 0.187. The summed E-state index contributed by atoms with van der Waals surface area (Å²) in [6.07, 6.45) is 13.1. The van der Waals surface area contributed by atoms with Gasteiger partial charge in [0.05, 0.1) is 0 Å². The van der Waals surface area contributed by atoms with Gasteiger partial charge >= 0.3 is 0 Å². The van der Waals surface area contributed by atoms with Crippen molar-refractivity contribution >= 4 is 5.91 Å². The molecule has 0 bridgehead atoms. The number of hydrogen-bond acceptors (Lipinski definition) is 1. The molecule has 0 saturated heterocycles. The van der Waals surface area contributed by atoms with Gasteiger partial charge in [0.25, 0.3) is 0 Å². The molecule has 0 unspecified atom stereocenters. The Kier molecular flexibility index (Phi) is 11.7. The maximum absolute atomic E-state index is 11.3. The van der Waals surface area contributed by atoms with Crippen LogP contribution in [-0.4, -0.2) is 12.5 Å². The highest BCUT2D eigenvalue weighted by molar-refractivity contribution is 5.75. The fourth-order valence-electron chi connectivity index (χ4n) is 1.46. The molecule has 1 N–H and O–H groups in total. The fraction of sp³-hybridized carbons (Fsp3) is 0.786. The van der Waals surface area contributed by atoms with E-state index in [1.165, 1.54) is 19.3 Å². The third-order valence-electron chi connectivity index (χ3n) is 2.53. The molecule has 0 aliphatic heterocycles. The van der Waals surface area contributed by atoms with Crippen molar-refractivity contribution in [2.45, 2.75) is 65.2 Å². The summed E-state index contributed by atoms with van der Waals surface area (Å²) >= 11 is 0. The van der Waals surface area contributed by atoms with Crippen molar-refractivity contribution in [2.24, 2.45) is 0 Å². The third-order valence-corrected chi connectivity index (χ3v) is 2.53. The van der Waals surface area contributed by atoms with E-state index >= 15 is 0 Å². The first kappa shape index (κ1) is 15.2.